The van der Waals surface area contributed by atoms with Crippen molar-refractivity contribution in [2.24, 2.45) is 0 Å². The Hall–Kier alpha value is -4.34. The van der Waals surface area contributed by atoms with Gasteiger partial charge in [0.25, 0.3) is 10.0 Å². The van der Waals surface area contributed by atoms with Gasteiger partial charge < -0.3 is 15.0 Å². The van der Waals surface area contributed by atoms with Crippen molar-refractivity contribution in [3.05, 3.63) is 125 Å². The molecule has 0 saturated heterocycles. The van der Waals surface area contributed by atoms with Gasteiger partial charge in [0.1, 0.15) is 18.3 Å². The molecule has 0 unspecified atom stereocenters. The zero-order chi connectivity index (χ0) is 30.8. The van der Waals surface area contributed by atoms with Gasteiger partial charge in [-0.05, 0) is 48.4 Å². The number of ether oxygens (including phenoxy) is 1. The SMILES string of the molecule is CCNC(=O)[C@@H](Cc1ccccc1)N(Cc1ccccc1Cl)C(=O)CN(c1cccc(OC)c1)S(=O)(=O)c1ccccc1. The number of benzene rings is 4. The zero-order valence-corrected chi connectivity index (χ0v) is 25.6. The Labute approximate surface area is 257 Å². The fourth-order valence-corrected chi connectivity index (χ4v) is 6.29. The number of carbonyl (C=O) groups is 2. The molecule has 0 heterocycles. The lowest BCUT2D eigenvalue weighted by Gasteiger charge is -2.34. The van der Waals surface area contributed by atoms with Gasteiger partial charge in [0, 0.05) is 30.6 Å². The standard InChI is InChI=1S/C33H34ClN3O5S/c1-3-35-33(39)31(21-25-13-6-4-7-14-25)36(23-26-15-10-11-20-30(26)34)32(38)24-37(27-16-12-17-28(22-27)42-2)43(40,41)29-18-8-5-9-19-29/h4-20,22,31H,3,21,23-24H2,1-2H3,(H,35,39)/t31-/m1/s1. The highest BCUT2D eigenvalue weighted by molar-refractivity contribution is 7.92. The number of hydrogen-bond donors (Lipinski definition) is 1. The van der Waals surface area contributed by atoms with Gasteiger partial charge in [0.2, 0.25) is 11.8 Å². The summed E-state index contributed by atoms with van der Waals surface area (Å²) in [4.78, 5) is 29.4. The van der Waals surface area contributed by atoms with Crippen molar-refractivity contribution in [3.63, 3.8) is 0 Å². The maximum absolute atomic E-state index is 14.4. The summed E-state index contributed by atoms with van der Waals surface area (Å²) in [6.45, 7) is 1.58. The number of hydrogen-bond acceptors (Lipinski definition) is 5. The highest BCUT2D eigenvalue weighted by atomic mass is 35.5. The van der Waals surface area contributed by atoms with Crippen LogP contribution in [-0.4, -0.2) is 51.4 Å². The average Bonchev–Trinajstić information content (AvgIpc) is 3.03. The van der Waals surface area contributed by atoms with E-state index in [9.17, 15) is 18.0 Å². The Bertz CT molecular complexity index is 1630. The van der Waals surface area contributed by atoms with Crippen molar-refractivity contribution < 1.29 is 22.7 Å². The fraction of sp³-hybridized carbons (Fsp3) is 0.212. The molecule has 0 aliphatic heterocycles. The number of likely N-dealkylation sites (N-methyl/N-ethyl adjacent to an activating group) is 1. The Morgan fingerprint density at radius 3 is 2.19 bits per heavy atom. The van der Waals surface area contributed by atoms with Crippen LogP contribution in [0.3, 0.4) is 0 Å². The molecule has 0 aliphatic rings. The van der Waals surface area contributed by atoms with Gasteiger partial charge in [0.05, 0.1) is 17.7 Å². The van der Waals surface area contributed by atoms with Gasteiger partial charge in [-0.1, -0.05) is 84.4 Å². The third-order valence-corrected chi connectivity index (χ3v) is 9.03. The van der Waals surface area contributed by atoms with E-state index in [1.165, 1.54) is 24.1 Å². The summed E-state index contributed by atoms with van der Waals surface area (Å²) in [5, 5.41) is 3.27. The first kappa shape index (κ1) is 31.6. The highest BCUT2D eigenvalue weighted by Crippen LogP contribution is 2.28. The third kappa shape index (κ3) is 7.94. The summed E-state index contributed by atoms with van der Waals surface area (Å²) in [7, 11) is -2.72. The first-order chi connectivity index (χ1) is 20.7. The zero-order valence-electron chi connectivity index (χ0n) is 24.0. The molecule has 0 spiro atoms. The molecule has 2 amide bonds. The molecule has 10 heteroatoms. The number of sulfonamides is 1. The summed E-state index contributed by atoms with van der Waals surface area (Å²) in [5.74, 6) is -0.504. The predicted molar refractivity (Wildman–Crippen MR) is 169 cm³/mol. The van der Waals surface area contributed by atoms with E-state index in [2.05, 4.69) is 5.32 Å². The van der Waals surface area contributed by atoms with Crippen LogP contribution in [0.5, 0.6) is 5.75 Å². The minimum Gasteiger partial charge on any atom is -0.497 e. The molecule has 0 saturated carbocycles. The van der Waals surface area contributed by atoms with Gasteiger partial charge in [-0.15, -0.1) is 0 Å². The van der Waals surface area contributed by atoms with Gasteiger partial charge in [0.15, 0.2) is 0 Å². The quantitative estimate of drug-likeness (QED) is 0.219. The van der Waals surface area contributed by atoms with Crippen molar-refractivity contribution in [2.45, 2.75) is 30.8 Å². The molecule has 1 atom stereocenters. The number of carbonyl (C=O) groups excluding carboxylic acids is 2. The minimum absolute atomic E-state index is 0.00945. The number of rotatable bonds is 13. The Morgan fingerprint density at radius 1 is 0.884 bits per heavy atom. The fourth-order valence-electron chi connectivity index (χ4n) is 4.67. The number of anilines is 1. The summed E-state index contributed by atoms with van der Waals surface area (Å²) in [6.07, 6.45) is 0.216. The molecule has 1 N–H and O–H groups in total. The second kappa shape index (κ2) is 14.7. The lowest BCUT2D eigenvalue weighted by Crippen LogP contribution is -2.53. The molecule has 224 valence electrons. The normalized spacial score (nSPS) is 11.8. The molecular weight excluding hydrogens is 586 g/mol. The van der Waals surface area contributed by atoms with E-state index in [1.54, 1.807) is 73.7 Å². The number of methoxy groups -OCH3 is 1. The molecule has 4 rings (SSSR count). The number of halogens is 1. The van der Waals surface area contributed by atoms with E-state index in [4.69, 9.17) is 16.3 Å². The van der Waals surface area contributed by atoms with Crippen molar-refractivity contribution in [3.8, 4) is 5.75 Å². The molecule has 0 bridgehead atoms. The summed E-state index contributed by atoms with van der Waals surface area (Å²) in [6, 6.07) is 29.9. The lowest BCUT2D eigenvalue weighted by atomic mass is 10.0. The highest BCUT2D eigenvalue weighted by Gasteiger charge is 2.34. The molecule has 0 aliphatic carbocycles. The van der Waals surface area contributed by atoms with Crippen LogP contribution in [0, 0.1) is 0 Å². The van der Waals surface area contributed by atoms with Crippen LogP contribution in [0.15, 0.2) is 114 Å². The summed E-state index contributed by atoms with van der Waals surface area (Å²) < 4.78 is 34.4. The van der Waals surface area contributed by atoms with Crippen LogP contribution in [-0.2, 0) is 32.6 Å². The summed E-state index contributed by atoms with van der Waals surface area (Å²) >= 11 is 6.51. The first-order valence-corrected chi connectivity index (χ1v) is 15.6. The van der Waals surface area contributed by atoms with E-state index < -0.39 is 28.5 Å². The van der Waals surface area contributed by atoms with Crippen LogP contribution in [0.25, 0.3) is 0 Å². The molecule has 0 radical (unpaired) electrons. The molecular formula is C33H34ClN3O5S. The van der Waals surface area contributed by atoms with Gasteiger partial charge >= 0.3 is 0 Å². The second-order valence-corrected chi connectivity index (χ2v) is 12.0. The van der Waals surface area contributed by atoms with Crippen LogP contribution in [0.2, 0.25) is 5.02 Å². The van der Waals surface area contributed by atoms with Crippen LogP contribution >= 0.6 is 11.6 Å². The van der Waals surface area contributed by atoms with Crippen molar-refractivity contribution >= 4 is 39.1 Å². The molecule has 8 nitrogen and oxygen atoms in total. The third-order valence-electron chi connectivity index (χ3n) is 6.87. The van der Waals surface area contributed by atoms with E-state index in [-0.39, 0.29) is 29.5 Å². The van der Waals surface area contributed by atoms with E-state index >= 15 is 0 Å². The molecule has 43 heavy (non-hydrogen) atoms. The molecule has 4 aromatic carbocycles. The number of nitrogens with one attached hydrogen (secondary N) is 1. The van der Waals surface area contributed by atoms with Crippen molar-refractivity contribution in [1.82, 2.24) is 10.2 Å². The van der Waals surface area contributed by atoms with Crippen molar-refractivity contribution in [1.29, 1.82) is 0 Å². The number of amides is 2. The van der Waals surface area contributed by atoms with Gasteiger partial charge in [-0.25, -0.2) is 8.42 Å². The molecule has 0 fully saturated rings. The largest absolute Gasteiger partial charge is 0.497 e. The lowest BCUT2D eigenvalue weighted by molar-refractivity contribution is -0.140. The van der Waals surface area contributed by atoms with Crippen LogP contribution in [0.4, 0.5) is 5.69 Å². The van der Waals surface area contributed by atoms with Crippen LogP contribution in [0.1, 0.15) is 18.1 Å². The maximum Gasteiger partial charge on any atom is 0.264 e. The smallest absolute Gasteiger partial charge is 0.264 e. The van der Waals surface area contributed by atoms with E-state index in [0.29, 0.717) is 22.9 Å². The first-order valence-electron chi connectivity index (χ1n) is 13.8. The molecule has 0 aromatic heterocycles. The Kier molecular flexibility index (Phi) is 10.8. The minimum atomic E-state index is -4.20. The van der Waals surface area contributed by atoms with Gasteiger partial charge in [-0.3, -0.25) is 13.9 Å². The second-order valence-electron chi connectivity index (χ2n) is 9.74. The monoisotopic (exact) mass is 619 g/mol. The summed E-state index contributed by atoms with van der Waals surface area (Å²) in [5.41, 5.74) is 1.71. The van der Waals surface area contributed by atoms with Crippen molar-refractivity contribution in [2.75, 3.05) is 24.5 Å². The maximum atomic E-state index is 14.4. The topological polar surface area (TPSA) is 96.0 Å². The van der Waals surface area contributed by atoms with Gasteiger partial charge in [-0.2, -0.15) is 0 Å². The predicted octanol–water partition coefficient (Wildman–Crippen LogP) is 5.32. The number of nitrogens with zero attached hydrogens (tertiary/aromatic N) is 2. The Morgan fingerprint density at radius 2 is 1.53 bits per heavy atom. The molecule has 4 aromatic rings. The van der Waals surface area contributed by atoms with E-state index in [0.717, 1.165) is 9.87 Å². The Balaban J connectivity index is 1.81. The average molecular weight is 620 g/mol. The van der Waals surface area contributed by atoms with Crippen LogP contribution < -0.4 is 14.4 Å². The van der Waals surface area contributed by atoms with E-state index in [1.807, 2.05) is 30.3 Å².